The molecule has 1 amide bonds. The third kappa shape index (κ3) is 3.05. The van der Waals surface area contributed by atoms with Gasteiger partial charge in [0.1, 0.15) is 5.82 Å². The maximum atomic E-state index is 12.9. The standard InChI is InChI=1S/C17H17FN2O/c1-19-13-6-8-14(9-7-13)20-17(21)16-10-15(16)11-2-4-12(18)5-3-11/h2-9,15-16,19H,10H2,1H3,(H,20,21). The minimum Gasteiger partial charge on any atom is -0.388 e. The largest absolute Gasteiger partial charge is 0.388 e. The molecule has 21 heavy (non-hydrogen) atoms. The third-order valence-corrected chi connectivity index (χ3v) is 3.87. The summed E-state index contributed by atoms with van der Waals surface area (Å²) >= 11 is 0. The first kappa shape index (κ1) is 13.6. The fourth-order valence-corrected chi connectivity index (χ4v) is 2.52. The summed E-state index contributed by atoms with van der Waals surface area (Å²) in [6.07, 6.45) is 0.825. The fourth-order valence-electron chi connectivity index (χ4n) is 2.52. The van der Waals surface area contributed by atoms with E-state index in [1.165, 1.54) is 12.1 Å². The summed E-state index contributed by atoms with van der Waals surface area (Å²) in [5, 5.41) is 5.96. The van der Waals surface area contributed by atoms with E-state index in [9.17, 15) is 9.18 Å². The van der Waals surface area contributed by atoms with Crippen LogP contribution < -0.4 is 10.6 Å². The number of nitrogens with one attached hydrogen (secondary N) is 2. The van der Waals surface area contributed by atoms with Crippen molar-refractivity contribution in [2.45, 2.75) is 12.3 Å². The van der Waals surface area contributed by atoms with Crippen molar-refractivity contribution in [3.63, 3.8) is 0 Å². The summed E-state index contributed by atoms with van der Waals surface area (Å²) in [4.78, 5) is 12.2. The molecule has 3 rings (SSSR count). The van der Waals surface area contributed by atoms with Gasteiger partial charge in [-0.2, -0.15) is 0 Å². The smallest absolute Gasteiger partial charge is 0.228 e. The molecule has 2 aromatic carbocycles. The molecule has 2 aromatic rings. The molecule has 0 aliphatic heterocycles. The number of carbonyl (C=O) groups is 1. The van der Waals surface area contributed by atoms with Gasteiger partial charge in [0.15, 0.2) is 0 Å². The molecule has 2 atom stereocenters. The van der Waals surface area contributed by atoms with E-state index in [1.54, 1.807) is 12.1 Å². The van der Waals surface area contributed by atoms with Crippen LogP contribution in [0.15, 0.2) is 48.5 Å². The lowest BCUT2D eigenvalue weighted by atomic mass is 10.1. The van der Waals surface area contributed by atoms with E-state index in [-0.39, 0.29) is 23.6 Å². The van der Waals surface area contributed by atoms with Gasteiger partial charge in [-0.3, -0.25) is 4.79 Å². The number of anilines is 2. The van der Waals surface area contributed by atoms with Crippen molar-refractivity contribution in [3.05, 3.63) is 59.9 Å². The second-order valence-electron chi connectivity index (χ2n) is 5.32. The molecule has 1 saturated carbocycles. The topological polar surface area (TPSA) is 41.1 Å². The molecule has 0 radical (unpaired) electrons. The molecule has 1 aliphatic carbocycles. The van der Waals surface area contributed by atoms with Crippen LogP contribution in [0.25, 0.3) is 0 Å². The van der Waals surface area contributed by atoms with Crippen molar-refractivity contribution in [2.75, 3.05) is 17.7 Å². The third-order valence-electron chi connectivity index (χ3n) is 3.87. The summed E-state index contributed by atoms with van der Waals surface area (Å²) in [6.45, 7) is 0. The maximum absolute atomic E-state index is 12.9. The lowest BCUT2D eigenvalue weighted by Crippen LogP contribution is -2.14. The van der Waals surface area contributed by atoms with Gasteiger partial charge in [-0.05, 0) is 54.3 Å². The second kappa shape index (κ2) is 5.56. The highest BCUT2D eigenvalue weighted by atomic mass is 19.1. The van der Waals surface area contributed by atoms with Crippen LogP contribution in [0.2, 0.25) is 0 Å². The van der Waals surface area contributed by atoms with E-state index in [0.717, 1.165) is 23.4 Å². The van der Waals surface area contributed by atoms with Gasteiger partial charge in [0, 0.05) is 24.3 Å². The van der Waals surface area contributed by atoms with E-state index in [4.69, 9.17) is 0 Å². The SMILES string of the molecule is CNc1ccc(NC(=O)C2CC2c2ccc(F)cc2)cc1. The maximum Gasteiger partial charge on any atom is 0.228 e. The molecule has 0 spiro atoms. The van der Waals surface area contributed by atoms with Crippen molar-refractivity contribution in [3.8, 4) is 0 Å². The minimum atomic E-state index is -0.245. The minimum absolute atomic E-state index is 0.0144. The summed E-state index contributed by atoms with van der Waals surface area (Å²) < 4.78 is 12.9. The van der Waals surface area contributed by atoms with Crippen molar-refractivity contribution < 1.29 is 9.18 Å². The number of rotatable bonds is 4. The molecule has 0 aromatic heterocycles. The van der Waals surface area contributed by atoms with Gasteiger partial charge in [0.05, 0.1) is 0 Å². The Hall–Kier alpha value is -2.36. The van der Waals surface area contributed by atoms with Crippen LogP contribution in [0.3, 0.4) is 0 Å². The van der Waals surface area contributed by atoms with Crippen LogP contribution in [-0.2, 0) is 4.79 Å². The van der Waals surface area contributed by atoms with Crippen molar-refractivity contribution >= 4 is 17.3 Å². The molecular formula is C17H17FN2O. The van der Waals surface area contributed by atoms with Crippen LogP contribution in [0.4, 0.5) is 15.8 Å². The molecule has 4 heteroatoms. The molecule has 3 nitrogen and oxygen atoms in total. The van der Waals surface area contributed by atoms with Gasteiger partial charge in [0.2, 0.25) is 5.91 Å². The van der Waals surface area contributed by atoms with Gasteiger partial charge in [0.25, 0.3) is 0 Å². The monoisotopic (exact) mass is 284 g/mol. The molecular weight excluding hydrogens is 267 g/mol. The summed E-state index contributed by atoms with van der Waals surface area (Å²) in [7, 11) is 1.85. The van der Waals surface area contributed by atoms with E-state index >= 15 is 0 Å². The predicted octanol–water partition coefficient (Wildman–Crippen LogP) is 3.61. The zero-order valence-corrected chi connectivity index (χ0v) is 11.8. The summed E-state index contributed by atoms with van der Waals surface area (Å²) in [6, 6.07) is 14.0. The van der Waals surface area contributed by atoms with Crippen molar-refractivity contribution in [1.82, 2.24) is 0 Å². The number of hydrogen-bond acceptors (Lipinski definition) is 2. The molecule has 0 bridgehead atoms. The zero-order valence-electron chi connectivity index (χ0n) is 11.8. The second-order valence-corrected chi connectivity index (χ2v) is 5.32. The zero-order chi connectivity index (χ0) is 14.8. The molecule has 0 saturated heterocycles. The van der Waals surface area contributed by atoms with Gasteiger partial charge in [-0.15, -0.1) is 0 Å². The van der Waals surface area contributed by atoms with Gasteiger partial charge < -0.3 is 10.6 Å². The van der Waals surface area contributed by atoms with Crippen LogP contribution in [-0.4, -0.2) is 13.0 Å². The molecule has 2 unspecified atom stereocenters. The lowest BCUT2D eigenvalue weighted by molar-refractivity contribution is -0.117. The van der Waals surface area contributed by atoms with Crippen LogP contribution in [0.1, 0.15) is 17.9 Å². The van der Waals surface area contributed by atoms with Crippen molar-refractivity contribution in [1.29, 1.82) is 0 Å². The quantitative estimate of drug-likeness (QED) is 0.900. The fraction of sp³-hybridized carbons (Fsp3) is 0.235. The van der Waals surface area contributed by atoms with Crippen LogP contribution in [0, 0.1) is 11.7 Å². The Morgan fingerprint density at radius 1 is 1.05 bits per heavy atom. The Labute approximate surface area is 123 Å². The Bertz CT molecular complexity index is 637. The number of benzene rings is 2. The van der Waals surface area contributed by atoms with E-state index < -0.39 is 0 Å². The van der Waals surface area contributed by atoms with Gasteiger partial charge in [-0.1, -0.05) is 12.1 Å². The molecule has 1 aliphatic rings. The molecule has 2 N–H and O–H groups in total. The summed E-state index contributed by atoms with van der Waals surface area (Å²) in [5.74, 6) is -0.0202. The van der Waals surface area contributed by atoms with E-state index in [2.05, 4.69) is 10.6 Å². The normalized spacial score (nSPS) is 19.9. The highest BCUT2D eigenvalue weighted by Gasteiger charge is 2.43. The first-order chi connectivity index (χ1) is 10.2. The first-order valence-corrected chi connectivity index (χ1v) is 7.01. The number of amides is 1. The Morgan fingerprint density at radius 3 is 2.29 bits per heavy atom. The Balaban J connectivity index is 1.60. The van der Waals surface area contributed by atoms with E-state index in [1.807, 2.05) is 31.3 Å². The molecule has 108 valence electrons. The van der Waals surface area contributed by atoms with E-state index in [0.29, 0.717) is 0 Å². The van der Waals surface area contributed by atoms with Crippen molar-refractivity contribution in [2.24, 2.45) is 5.92 Å². The lowest BCUT2D eigenvalue weighted by Gasteiger charge is -2.06. The molecule has 1 fully saturated rings. The van der Waals surface area contributed by atoms with Crippen LogP contribution in [0.5, 0.6) is 0 Å². The predicted molar refractivity (Wildman–Crippen MR) is 81.9 cm³/mol. The number of halogens is 1. The Kier molecular flexibility index (Phi) is 3.60. The average molecular weight is 284 g/mol. The number of carbonyl (C=O) groups excluding carboxylic acids is 1. The first-order valence-electron chi connectivity index (χ1n) is 7.01. The van der Waals surface area contributed by atoms with Crippen LogP contribution >= 0.6 is 0 Å². The average Bonchev–Trinajstić information content (AvgIpc) is 3.29. The Morgan fingerprint density at radius 2 is 1.67 bits per heavy atom. The highest BCUT2D eigenvalue weighted by molar-refractivity contribution is 5.95. The molecule has 0 heterocycles. The number of hydrogen-bond donors (Lipinski definition) is 2. The highest BCUT2D eigenvalue weighted by Crippen LogP contribution is 2.47. The summed E-state index contributed by atoms with van der Waals surface area (Å²) in [5.41, 5.74) is 2.83. The van der Waals surface area contributed by atoms with Gasteiger partial charge >= 0.3 is 0 Å². The van der Waals surface area contributed by atoms with Gasteiger partial charge in [-0.25, -0.2) is 4.39 Å².